The van der Waals surface area contributed by atoms with Crippen molar-refractivity contribution < 1.29 is 4.74 Å². The van der Waals surface area contributed by atoms with Gasteiger partial charge < -0.3 is 10.1 Å². The Labute approximate surface area is 100 Å². The van der Waals surface area contributed by atoms with Crippen LogP contribution in [0, 0.1) is 5.92 Å². The maximum Gasteiger partial charge on any atom is 0.151 e. The standard InChI is InChI=1S/C11H16ClN3O/c1-2-9-8(5-6-16-9)7-13-11-4-3-10(12)14-15-11/h3-4,8-9H,2,5-7H2,1H3,(H,13,15). The van der Waals surface area contributed by atoms with Crippen LogP contribution in [0.1, 0.15) is 19.8 Å². The quantitative estimate of drug-likeness (QED) is 0.879. The van der Waals surface area contributed by atoms with Gasteiger partial charge >= 0.3 is 0 Å². The topological polar surface area (TPSA) is 47.0 Å². The van der Waals surface area contributed by atoms with Crippen molar-refractivity contribution in [1.29, 1.82) is 0 Å². The normalized spacial score (nSPS) is 24.6. The number of hydrogen-bond donors (Lipinski definition) is 1. The average Bonchev–Trinajstić information content (AvgIpc) is 2.76. The smallest absolute Gasteiger partial charge is 0.151 e. The molecule has 2 heterocycles. The Kier molecular flexibility index (Phi) is 3.96. The summed E-state index contributed by atoms with van der Waals surface area (Å²) in [6.07, 6.45) is 2.57. The molecule has 0 bridgehead atoms. The molecule has 2 atom stereocenters. The zero-order valence-electron chi connectivity index (χ0n) is 9.32. The number of hydrogen-bond acceptors (Lipinski definition) is 4. The van der Waals surface area contributed by atoms with Gasteiger partial charge in [0, 0.05) is 19.1 Å². The minimum absolute atomic E-state index is 0.382. The molecule has 0 aliphatic carbocycles. The highest BCUT2D eigenvalue weighted by molar-refractivity contribution is 6.29. The second-order valence-corrected chi connectivity index (χ2v) is 4.38. The molecule has 0 amide bonds. The molecular weight excluding hydrogens is 226 g/mol. The van der Waals surface area contributed by atoms with Crippen LogP contribution in [-0.2, 0) is 4.74 Å². The van der Waals surface area contributed by atoms with Gasteiger partial charge in [-0.2, -0.15) is 0 Å². The predicted octanol–water partition coefficient (Wildman–Crippen LogP) is 2.36. The van der Waals surface area contributed by atoms with E-state index in [1.807, 2.05) is 6.07 Å². The Bertz CT molecular complexity index is 331. The van der Waals surface area contributed by atoms with Crippen LogP contribution in [0.25, 0.3) is 0 Å². The number of rotatable bonds is 4. The number of ether oxygens (including phenoxy) is 1. The lowest BCUT2D eigenvalue weighted by molar-refractivity contribution is 0.0900. The number of aromatic nitrogens is 2. The molecule has 1 fully saturated rings. The first-order valence-corrected chi connectivity index (χ1v) is 6.02. The van der Waals surface area contributed by atoms with E-state index in [0.717, 1.165) is 31.8 Å². The van der Waals surface area contributed by atoms with Gasteiger partial charge in [-0.05, 0) is 25.0 Å². The van der Waals surface area contributed by atoms with E-state index in [4.69, 9.17) is 16.3 Å². The third-order valence-electron chi connectivity index (χ3n) is 2.93. The summed E-state index contributed by atoms with van der Waals surface area (Å²) in [4.78, 5) is 0. The molecule has 1 aromatic rings. The van der Waals surface area contributed by atoms with Crippen molar-refractivity contribution in [3.63, 3.8) is 0 Å². The molecule has 88 valence electrons. The van der Waals surface area contributed by atoms with Crippen molar-refractivity contribution in [3.8, 4) is 0 Å². The van der Waals surface area contributed by atoms with Crippen LogP contribution in [0.15, 0.2) is 12.1 Å². The van der Waals surface area contributed by atoms with Gasteiger partial charge in [0.05, 0.1) is 6.10 Å². The summed E-state index contributed by atoms with van der Waals surface area (Å²) < 4.78 is 5.63. The first-order valence-electron chi connectivity index (χ1n) is 5.64. The minimum Gasteiger partial charge on any atom is -0.378 e. The van der Waals surface area contributed by atoms with Crippen molar-refractivity contribution in [2.24, 2.45) is 5.92 Å². The Balaban J connectivity index is 1.85. The first kappa shape index (κ1) is 11.6. The van der Waals surface area contributed by atoms with Crippen molar-refractivity contribution in [1.82, 2.24) is 10.2 Å². The van der Waals surface area contributed by atoms with Crippen molar-refractivity contribution in [3.05, 3.63) is 17.3 Å². The number of anilines is 1. The summed E-state index contributed by atoms with van der Waals surface area (Å²) in [5.74, 6) is 1.34. The van der Waals surface area contributed by atoms with E-state index in [1.165, 1.54) is 0 Å². The Morgan fingerprint density at radius 2 is 2.38 bits per heavy atom. The second kappa shape index (κ2) is 5.46. The highest BCUT2D eigenvalue weighted by atomic mass is 35.5. The van der Waals surface area contributed by atoms with Crippen molar-refractivity contribution in [2.75, 3.05) is 18.5 Å². The molecule has 1 aromatic heterocycles. The first-order chi connectivity index (χ1) is 7.79. The summed E-state index contributed by atoms with van der Waals surface area (Å²) in [5, 5.41) is 11.4. The van der Waals surface area contributed by atoms with Crippen molar-refractivity contribution in [2.45, 2.75) is 25.9 Å². The fraction of sp³-hybridized carbons (Fsp3) is 0.636. The number of nitrogens with one attached hydrogen (secondary N) is 1. The van der Waals surface area contributed by atoms with Crippen LogP contribution in [-0.4, -0.2) is 29.5 Å². The number of nitrogens with zero attached hydrogens (tertiary/aromatic N) is 2. The van der Waals surface area contributed by atoms with Crippen molar-refractivity contribution >= 4 is 17.4 Å². The lowest BCUT2D eigenvalue weighted by Gasteiger charge is -2.17. The zero-order chi connectivity index (χ0) is 11.4. The Morgan fingerprint density at radius 3 is 3.06 bits per heavy atom. The van der Waals surface area contributed by atoms with Gasteiger partial charge in [0.1, 0.15) is 5.82 Å². The van der Waals surface area contributed by atoms with E-state index in [9.17, 15) is 0 Å². The number of halogens is 1. The molecule has 1 aliphatic heterocycles. The van der Waals surface area contributed by atoms with E-state index in [2.05, 4.69) is 22.4 Å². The summed E-state index contributed by atoms with van der Waals surface area (Å²) in [7, 11) is 0. The predicted molar refractivity (Wildman–Crippen MR) is 63.7 cm³/mol. The average molecular weight is 242 g/mol. The third-order valence-corrected chi connectivity index (χ3v) is 3.13. The van der Waals surface area contributed by atoms with Gasteiger partial charge in [0.15, 0.2) is 5.15 Å². The molecule has 4 nitrogen and oxygen atoms in total. The fourth-order valence-electron chi connectivity index (χ4n) is 2.02. The van der Waals surface area contributed by atoms with Gasteiger partial charge in [-0.25, -0.2) is 0 Å². The van der Waals surface area contributed by atoms with Crippen LogP contribution >= 0.6 is 11.6 Å². The molecular formula is C11H16ClN3O. The Hall–Kier alpha value is -0.870. The lowest BCUT2D eigenvalue weighted by Crippen LogP contribution is -2.23. The van der Waals surface area contributed by atoms with Gasteiger partial charge in [-0.15, -0.1) is 10.2 Å². The lowest BCUT2D eigenvalue weighted by atomic mass is 10.00. The molecule has 1 aliphatic rings. The molecule has 16 heavy (non-hydrogen) atoms. The third kappa shape index (κ3) is 2.83. The molecule has 2 rings (SSSR count). The van der Waals surface area contributed by atoms with E-state index < -0.39 is 0 Å². The second-order valence-electron chi connectivity index (χ2n) is 3.99. The highest BCUT2D eigenvalue weighted by Crippen LogP contribution is 2.23. The molecule has 0 radical (unpaired) electrons. The van der Waals surface area contributed by atoms with Gasteiger partial charge in [-0.3, -0.25) is 0 Å². The van der Waals surface area contributed by atoms with E-state index in [-0.39, 0.29) is 0 Å². The van der Waals surface area contributed by atoms with Crippen LogP contribution in [0.3, 0.4) is 0 Å². The highest BCUT2D eigenvalue weighted by Gasteiger charge is 2.26. The monoisotopic (exact) mass is 241 g/mol. The largest absolute Gasteiger partial charge is 0.378 e. The maximum absolute atomic E-state index is 5.66. The van der Waals surface area contributed by atoms with Gasteiger partial charge in [0.2, 0.25) is 0 Å². The molecule has 5 heteroatoms. The van der Waals surface area contributed by atoms with E-state index in [0.29, 0.717) is 17.2 Å². The summed E-state index contributed by atoms with van der Waals surface area (Å²) >= 11 is 5.66. The van der Waals surface area contributed by atoms with Gasteiger partial charge in [0.25, 0.3) is 0 Å². The summed E-state index contributed by atoms with van der Waals surface area (Å²) in [6, 6.07) is 3.57. The molecule has 0 spiro atoms. The molecule has 1 N–H and O–H groups in total. The van der Waals surface area contributed by atoms with Crippen LogP contribution in [0.4, 0.5) is 5.82 Å². The SMILES string of the molecule is CCC1OCCC1CNc1ccc(Cl)nn1. The summed E-state index contributed by atoms with van der Waals surface area (Å²) in [5.41, 5.74) is 0. The van der Waals surface area contributed by atoms with E-state index in [1.54, 1.807) is 6.07 Å². The zero-order valence-corrected chi connectivity index (χ0v) is 10.1. The summed E-state index contributed by atoms with van der Waals surface area (Å²) in [6.45, 7) is 3.91. The van der Waals surface area contributed by atoms with Gasteiger partial charge in [-0.1, -0.05) is 18.5 Å². The van der Waals surface area contributed by atoms with Crippen LogP contribution in [0.5, 0.6) is 0 Å². The molecule has 0 saturated carbocycles. The van der Waals surface area contributed by atoms with Crippen LogP contribution in [0.2, 0.25) is 5.15 Å². The van der Waals surface area contributed by atoms with E-state index >= 15 is 0 Å². The maximum atomic E-state index is 5.66. The molecule has 0 aromatic carbocycles. The minimum atomic E-state index is 0.382. The fourth-order valence-corrected chi connectivity index (χ4v) is 2.12. The van der Waals surface area contributed by atoms with Crippen LogP contribution < -0.4 is 5.32 Å². The molecule has 1 saturated heterocycles. The Morgan fingerprint density at radius 1 is 1.50 bits per heavy atom. The molecule has 2 unspecified atom stereocenters.